The van der Waals surface area contributed by atoms with E-state index in [2.05, 4.69) is 11.8 Å². The Hall–Kier alpha value is -0.690. The summed E-state index contributed by atoms with van der Waals surface area (Å²) < 4.78 is 37.4. The Bertz CT molecular complexity index is 127. The molecular weight excluding hydrogens is 133 g/mol. The van der Waals surface area contributed by atoms with E-state index in [1.54, 1.807) is 5.92 Å². The SMILES string of the molecule is [CH2]OCC#CC(F)(F)F. The van der Waals surface area contributed by atoms with Crippen LogP contribution >= 0.6 is 0 Å². The summed E-state index contributed by atoms with van der Waals surface area (Å²) in [5.41, 5.74) is 0. The van der Waals surface area contributed by atoms with E-state index in [0.29, 0.717) is 0 Å². The van der Waals surface area contributed by atoms with E-state index in [1.165, 1.54) is 0 Å². The average molecular weight is 137 g/mol. The summed E-state index contributed by atoms with van der Waals surface area (Å²) in [5, 5.41) is 0. The van der Waals surface area contributed by atoms with Crippen molar-refractivity contribution in [3.05, 3.63) is 7.11 Å². The molecule has 0 spiro atoms. The molecule has 0 N–H and O–H groups in total. The van der Waals surface area contributed by atoms with Crippen LogP contribution in [0.3, 0.4) is 0 Å². The zero-order chi connectivity index (χ0) is 7.33. The summed E-state index contributed by atoms with van der Waals surface area (Å²) in [6, 6.07) is 0. The lowest BCUT2D eigenvalue weighted by Gasteiger charge is -1.91. The van der Waals surface area contributed by atoms with Gasteiger partial charge in [0.05, 0.1) is 7.11 Å². The van der Waals surface area contributed by atoms with E-state index >= 15 is 0 Å². The summed E-state index contributed by atoms with van der Waals surface area (Å²) in [7, 11) is 2.84. The minimum absolute atomic E-state index is 0.292. The van der Waals surface area contributed by atoms with Crippen LogP contribution in [0.15, 0.2) is 0 Å². The Morgan fingerprint density at radius 2 is 2.00 bits per heavy atom. The van der Waals surface area contributed by atoms with Crippen molar-refractivity contribution in [2.45, 2.75) is 6.18 Å². The van der Waals surface area contributed by atoms with Gasteiger partial charge < -0.3 is 4.74 Å². The minimum Gasteiger partial charge on any atom is -0.366 e. The molecule has 0 aliphatic heterocycles. The van der Waals surface area contributed by atoms with Crippen molar-refractivity contribution in [1.29, 1.82) is 0 Å². The molecule has 0 aromatic heterocycles. The molecule has 0 saturated carbocycles. The van der Waals surface area contributed by atoms with Crippen molar-refractivity contribution in [3.8, 4) is 11.8 Å². The minimum atomic E-state index is -4.42. The van der Waals surface area contributed by atoms with Crippen molar-refractivity contribution in [3.63, 3.8) is 0 Å². The number of rotatable bonds is 1. The van der Waals surface area contributed by atoms with Gasteiger partial charge in [-0.1, -0.05) is 5.92 Å². The van der Waals surface area contributed by atoms with Crippen LogP contribution in [-0.2, 0) is 4.74 Å². The van der Waals surface area contributed by atoms with E-state index in [-0.39, 0.29) is 6.61 Å². The zero-order valence-electron chi connectivity index (χ0n) is 4.46. The normalized spacial score (nSPS) is 10.2. The molecule has 0 fully saturated rings. The molecule has 0 atom stereocenters. The van der Waals surface area contributed by atoms with E-state index in [0.717, 1.165) is 5.92 Å². The van der Waals surface area contributed by atoms with Crippen molar-refractivity contribution in [2.24, 2.45) is 0 Å². The predicted molar refractivity (Wildman–Crippen MR) is 25.1 cm³/mol. The van der Waals surface area contributed by atoms with Gasteiger partial charge in [0.15, 0.2) is 0 Å². The molecule has 0 aliphatic rings. The summed E-state index contributed by atoms with van der Waals surface area (Å²) in [6.07, 6.45) is -4.42. The Kier molecular flexibility index (Phi) is 3.10. The Labute approximate surface area is 50.8 Å². The molecule has 51 valence electrons. The van der Waals surface area contributed by atoms with E-state index < -0.39 is 6.18 Å². The van der Waals surface area contributed by atoms with Gasteiger partial charge in [-0.15, -0.1) is 0 Å². The van der Waals surface area contributed by atoms with Crippen LogP contribution in [0.4, 0.5) is 13.2 Å². The fraction of sp³-hybridized carbons (Fsp3) is 0.400. The first kappa shape index (κ1) is 8.31. The number of hydrogen-bond donors (Lipinski definition) is 0. The zero-order valence-corrected chi connectivity index (χ0v) is 4.46. The van der Waals surface area contributed by atoms with Crippen LogP contribution < -0.4 is 0 Å². The molecule has 0 rings (SSSR count). The molecular formula is C5H4F3O. The maximum atomic E-state index is 11.1. The fourth-order valence-electron chi connectivity index (χ4n) is 0.187. The molecule has 4 heteroatoms. The Morgan fingerprint density at radius 1 is 1.44 bits per heavy atom. The quantitative estimate of drug-likeness (QED) is 0.496. The van der Waals surface area contributed by atoms with Crippen molar-refractivity contribution >= 4 is 0 Å². The van der Waals surface area contributed by atoms with Gasteiger partial charge in [-0.25, -0.2) is 0 Å². The second-order valence-electron chi connectivity index (χ2n) is 1.15. The van der Waals surface area contributed by atoms with Crippen LogP contribution in [0.25, 0.3) is 0 Å². The third kappa shape index (κ3) is 7.31. The smallest absolute Gasteiger partial charge is 0.366 e. The van der Waals surface area contributed by atoms with Gasteiger partial charge in [0.1, 0.15) is 6.61 Å². The third-order valence-corrected chi connectivity index (χ3v) is 0.404. The second-order valence-corrected chi connectivity index (χ2v) is 1.15. The second kappa shape index (κ2) is 3.36. The standard InChI is InChI=1S/C5H4F3O/c1-9-4-2-3-5(6,7)8/h1,4H2. The highest BCUT2D eigenvalue weighted by Crippen LogP contribution is 2.11. The van der Waals surface area contributed by atoms with Gasteiger partial charge in [0.25, 0.3) is 0 Å². The lowest BCUT2D eigenvalue weighted by Crippen LogP contribution is -2.01. The maximum absolute atomic E-state index is 11.1. The van der Waals surface area contributed by atoms with Gasteiger partial charge in [0, 0.05) is 5.92 Å². The molecule has 0 aromatic carbocycles. The highest BCUT2D eigenvalue weighted by molar-refractivity contribution is 5.05. The highest BCUT2D eigenvalue weighted by atomic mass is 19.4. The van der Waals surface area contributed by atoms with E-state index in [1.807, 2.05) is 0 Å². The lowest BCUT2D eigenvalue weighted by molar-refractivity contribution is -0.0698. The monoisotopic (exact) mass is 137 g/mol. The van der Waals surface area contributed by atoms with Crippen LogP contribution in [0, 0.1) is 19.0 Å². The third-order valence-electron chi connectivity index (χ3n) is 0.404. The van der Waals surface area contributed by atoms with Gasteiger partial charge >= 0.3 is 6.18 Å². The van der Waals surface area contributed by atoms with Crippen molar-refractivity contribution in [2.75, 3.05) is 6.61 Å². The average Bonchev–Trinajstić information content (AvgIpc) is 1.63. The molecule has 1 radical (unpaired) electrons. The predicted octanol–water partition coefficient (Wildman–Crippen LogP) is 1.36. The van der Waals surface area contributed by atoms with Gasteiger partial charge in [-0.2, -0.15) is 13.2 Å². The number of halogens is 3. The van der Waals surface area contributed by atoms with Crippen LogP contribution in [0.5, 0.6) is 0 Å². The van der Waals surface area contributed by atoms with Gasteiger partial charge in [-0.3, -0.25) is 0 Å². The molecule has 0 aliphatic carbocycles. The van der Waals surface area contributed by atoms with Crippen molar-refractivity contribution < 1.29 is 17.9 Å². The van der Waals surface area contributed by atoms with Crippen LogP contribution in [0.2, 0.25) is 0 Å². The van der Waals surface area contributed by atoms with E-state index in [4.69, 9.17) is 0 Å². The molecule has 0 amide bonds. The molecule has 0 saturated heterocycles. The largest absolute Gasteiger partial charge is 0.457 e. The summed E-state index contributed by atoms with van der Waals surface area (Å²) in [4.78, 5) is 0. The summed E-state index contributed by atoms with van der Waals surface area (Å²) in [5.74, 6) is 2.72. The van der Waals surface area contributed by atoms with E-state index in [9.17, 15) is 13.2 Å². The number of hydrogen-bond acceptors (Lipinski definition) is 1. The highest BCUT2D eigenvalue weighted by Gasteiger charge is 2.22. The van der Waals surface area contributed by atoms with Gasteiger partial charge in [-0.05, 0) is 0 Å². The topological polar surface area (TPSA) is 9.23 Å². The van der Waals surface area contributed by atoms with Crippen LogP contribution in [0.1, 0.15) is 0 Å². The Morgan fingerprint density at radius 3 is 2.33 bits per heavy atom. The molecule has 0 aromatic rings. The Balaban J connectivity index is 3.59. The first-order valence-electron chi connectivity index (χ1n) is 2.00. The number of ether oxygens (including phenoxy) is 1. The fourth-order valence-corrected chi connectivity index (χ4v) is 0.187. The number of alkyl halides is 3. The summed E-state index contributed by atoms with van der Waals surface area (Å²) >= 11 is 0. The first-order chi connectivity index (χ1) is 4.06. The molecule has 9 heavy (non-hydrogen) atoms. The lowest BCUT2D eigenvalue weighted by atomic mass is 10.6. The molecule has 0 unspecified atom stereocenters. The molecule has 0 bridgehead atoms. The summed E-state index contributed by atoms with van der Waals surface area (Å²) in [6.45, 7) is -0.292. The first-order valence-corrected chi connectivity index (χ1v) is 2.00. The molecule has 1 nitrogen and oxygen atoms in total. The van der Waals surface area contributed by atoms with Gasteiger partial charge in [0.2, 0.25) is 0 Å². The van der Waals surface area contributed by atoms with Crippen molar-refractivity contribution in [1.82, 2.24) is 0 Å². The molecule has 0 heterocycles. The maximum Gasteiger partial charge on any atom is 0.457 e. The van der Waals surface area contributed by atoms with Crippen LogP contribution in [-0.4, -0.2) is 12.8 Å².